The van der Waals surface area contributed by atoms with Crippen LogP contribution in [0.5, 0.6) is 0 Å². The van der Waals surface area contributed by atoms with E-state index in [9.17, 15) is 0 Å². The third-order valence-electron chi connectivity index (χ3n) is 0.209. The summed E-state index contributed by atoms with van der Waals surface area (Å²) in [6.45, 7) is 1.66. The van der Waals surface area contributed by atoms with Crippen molar-refractivity contribution in [3.63, 3.8) is 0 Å². The van der Waals surface area contributed by atoms with Crippen LogP contribution in [0.4, 0.5) is 0 Å². The van der Waals surface area contributed by atoms with Gasteiger partial charge in [-0.2, -0.15) is 5.26 Å². The van der Waals surface area contributed by atoms with E-state index in [0.717, 1.165) is 0 Å². The summed E-state index contributed by atoms with van der Waals surface area (Å²) in [4.78, 5) is 0. The average molecular weight is 68.1 g/mol. The van der Waals surface area contributed by atoms with E-state index in [2.05, 4.69) is 0 Å². The quantitative estimate of drug-likeness (QED) is 0.390. The molecule has 0 radical (unpaired) electrons. The maximum Gasteiger partial charge on any atom is 0.0908 e. The highest BCUT2D eigenvalue weighted by atomic mass is 14.2. The van der Waals surface area contributed by atoms with Gasteiger partial charge in [-0.3, -0.25) is 0 Å². The van der Waals surface area contributed by atoms with Crippen molar-refractivity contribution in [2.45, 2.75) is 6.92 Å². The summed E-state index contributed by atoms with van der Waals surface area (Å²) in [6.07, 6.45) is 1.44. The van der Waals surface area contributed by atoms with Gasteiger partial charge < -0.3 is 0 Å². The van der Waals surface area contributed by atoms with Gasteiger partial charge in [-0.25, -0.2) is 0 Å². The molecule has 0 rings (SSSR count). The van der Waals surface area contributed by atoms with Gasteiger partial charge in [0.2, 0.25) is 0 Å². The van der Waals surface area contributed by atoms with Crippen molar-refractivity contribution in [2.75, 3.05) is 0 Å². The highest BCUT2D eigenvalue weighted by Crippen LogP contribution is 1.58. The Bertz CT molecular complexity index is 98.6. The van der Waals surface area contributed by atoms with E-state index >= 15 is 0 Å². The van der Waals surface area contributed by atoms with E-state index in [1.807, 2.05) is 0 Å². The first kappa shape index (κ1) is 2.47. The first-order valence-electron chi connectivity index (χ1n) is 1.84. The molecule has 0 unspecified atom stereocenters. The molecule has 0 amide bonds. The second kappa shape index (κ2) is 3.23. The summed E-state index contributed by atoms with van der Waals surface area (Å²) in [5, 5.41) is 7.83. The predicted molar refractivity (Wildman–Crippen MR) is 20.4 cm³/mol. The largest absolute Gasteiger partial charge is 0.193 e. The Kier molecular flexibility index (Phi) is 1.59. The number of allylic oxidation sites excluding steroid dienone is 2. The summed E-state index contributed by atoms with van der Waals surface area (Å²) in [5.41, 5.74) is 0. The summed E-state index contributed by atoms with van der Waals surface area (Å²) in [5.74, 6) is 0. The normalized spacial score (nSPS) is 12.8. The molecule has 0 spiro atoms. The Hall–Kier alpha value is -0.770. The van der Waals surface area contributed by atoms with Gasteiger partial charge in [-0.1, -0.05) is 6.08 Å². The molecule has 0 aromatic rings. The van der Waals surface area contributed by atoms with Crippen LogP contribution in [0.25, 0.3) is 0 Å². The molecule has 0 aliphatic heterocycles. The number of hydrogen-bond acceptors (Lipinski definition) is 1. The molecule has 1 heteroatoms. The second-order valence-electron chi connectivity index (χ2n) is 0.545. The van der Waals surface area contributed by atoms with Gasteiger partial charge in [0.15, 0.2) is 0 Å². The zero-order valence-electron chi connectivity index (χ0n) is 4.02. The molecule has 0 aliphatic carbocycles. The van der Waals surface area contributed by atoms with E-state index in [1.165, 1.54) is 6.08 Å². The highest BCUT2D eigenvalue weighted by molar-refractivity contribution is 4.99. The first-order valence-corrected chi connectivity index (χ1v) is 1.34. The highest BCUT2D eigenvalue weighted by Gasteiger charge is 1.45. The van der Waals surface area contributed by atoms with E-state index in [0.29, 0.717) is 0 Å². The molecule has 0 saturated heterocycles. The molecule has 0 aromatic heterocycles. The minimum absolute atomic E-state index is 0.0231. The van der Waals surface area contributed by atoms with Gasteiger partial charge in [0.05, 0.1) is 7.44 Å². The topological polar surface area (TPSA) is 23.8 Å². The van der Waals surface area contributed by atoms with Crippen LogP contribution in [-0.4, -0.2) is 0 Å². The lowest BCUT2D eigenvalue weighted by Crippen LogP contribution is -1.35. The maximum absolute atomic E-state index is 7.83. The fourth-order valence-electron chi connectivity index (χ4n) is 0.0645. The van der Waals surface area contributed by atoms with Crippen LogP contribution in [0.3, 0.4) is 0 Å². The lowest BCUT2D eigenvalue weighted by molar-refractivity contribution is 1.53. The Morgan fingerprint density at radius 3 is 2.80 bits per heavy atom. The third kappa shape index (κ3) is 3.23. The van der Waals surface area contributed by atoms with Gasteiger partial charge in [-0.05, 0) is 6.92 Å². The number of nitriles is 1. The van der Waals surface area contributed by atoms with E-state index in [4.69, 9.17) is 6.63 Å². The molecule has 0 fully saturated rings. The Morgan fingerprint density at radius 2 is 2.80 bits per heavy atom. The Morgan fingerprint density at radius 1 is 2.20 bits per heavy atom. The molecule has 0 aromatic carbocycles. The fourth-order valence-corrected chi connectivity index (χ4v) is 0.0645. The zero-order chi connectivity index (χ0) is 4.99. The van der Waals surface area contributed by atoms with E-state index in [-0.39, 0.29) is 6.05 Å². The monoisotopic (exact) mass is 68.0 g/mol. The van der Waals surface area contributed by atoms with Crippen LogP contribution < -0.4 is 0 Å². The van der Waals surface area contributed by atoms with E-state index in [1.54, 1.807) is 13.0 Å². The van der Waals surface area contributed by atoms with Crippen LogP contribution in [0.1, 0.15) is 8.29 Å². The minimum atomic E-state index is 0.0231. The van der Waals surface area contributed by atoms with Gasteiger partial charge in [-0.15, -0.1) is 0 Å². The molecule has 0 aliphatic rings. The van der Waals surface area contributed by atoms with Crippen LogP contribution >= 0.6 is 0 Å². The van der Waals surface area contributed by atoms with Crippen LogP contribution in [-0.2, 0) is 0 Å². The Labute approximate surface area is 32.9 Å². The molecule has 26 valence electrons. The summed E-state index contributed by atoms with van der Waals surface area (Å²) in [7, 11) is 0. The molecule has 0 N–H and O–H groups in total. The molecule has 0 saturated carbocycles. The smallest absolute Gasteiger partial charge is 0.0908 e. The fraction of sp³-hybridized carbons (Fsp3) is 0.250. The van der Waals surface area contributed by atoms with Crippen LogP contribution in [0.15, 0.2) is 12.1 Å². The molecular formula is C4H5N. The van der Waals surface area contributed by atoms with Crippen molar-refractivity contribution in [1.82, 2.24) is 0 Å². The SMILES string of the molecule is [2H]C(C#N)=CC. The van der Waals surface area contributed by atoms with Crippen molar-refractivity contribution in [2.24, 2.45) is 0 Å². The van der Waals surface area contributed by atoms with Crippen molar-refractivity contribution in [3.8, 4) is 6.07 Å². The van der Waals surface area contributed by atoms with Crippen LogP contribution in [0, 0.1) is 11.3 Å². The number of nitrogens with zero attached hydrogens (tertiary/aromatic N) is 1. The maximum atomic E-state index is 7.83. The molecule has 5 heavy (non-hydrogen) atoms. The lowest BCUT2D eigenvalue weighted by atomic mass is 10.6. The third-order valence-corrected chi connectivity index (χ3v) is 0.209. The van der Waals surface area contributed by atoms with Gasteiger partial charge in [0, 0.05) is 6.05 Å². The number of hydrogen-bond donors (Lipinski definition) is 0. The average Bonchev–Trinajstić information content (AvgIpc) is 1.65. The van der Waals surface area contributed by atoms with Crippen molar-refractivity contribution in [3.05, 3.63) is 12.1 Å². The minimum Gasteiger partial charge on any atom is -0.193 e. The number of rotatable bonds is 0. The summed E-state index contributed by atoms with van der Waals surface area (Å²) < 4.78 is 6.57. The molecule has 0 atom stereocenters. The van der Waals surface area contributed by atoms with Crippen LogP contribution in [0.2, 0.25) is 0 Å². The standard InChI is InChI=1S/C4H5N/c1-2-3-4-5/h2-3H,1H3/i3D. The van der Waals surface area contributed by atoms with Crippen molar-refractivity contribution < 1.29 is 1.37 Å². The van der Waals surface area contributed by atoms with Crippen molar-refractivity contribution >= 4 is 0 Å². The van der Waals surface area contributed by atoms with Gasteiger partial charge >= 0.3 is 0 Å². The summed E-state index contributed by atoms with van der Waals surface area (Å²) >= 11 is 0. The lowest BCUT2D eigenvalue weighted by Gasteiger charge is -1.47. The summed E-state index contributed by atoms with van der Waals surface area (Å²) in [6, 6.07) is 1.67. The van der Waals surface area contributed by atoms with Gasteiger partial charge in [0.1, 0.15) is 0 Å². The molecule has 1 nitrogen and oxygen atoms in total. The van der Waals surface area contributed by atoms with Gasteiger partial charge in [0.25, 0.3) is 0 Å². The second-order valence-corrected chi connectivity index (χ2v) is 0.545. The first-order chi connectivity index (χ1) is 2.81. The molecular weight excluding hydrogens is 62.1 g/mol. The predicted octanol–water partition coefficient (Wildman–Crippen LogP) is 1.09. The molecule has 0 heterocycles. The zero-order valence-corrected chi connectivity index (χ0v) is 3.02. The van der Waals surface area contributed by atoms with E-state index < -0.39 is 0 Å². The Balaban J connectivity index is 3.61. The van der Waals surface area contributed by atoms with Crippen molar-refractivity contribution in [1.29, 1.82) is 5.26 Å². The molecule has 0 bridgehead atoms.